The van der Waals surface area contributed by atoms with Crippen LogP contribution in [0.25, 0.3) is 0 Å². The Morgan fingerprint density at radius 1 is 1.47 bits per heavy atom. The maximum absolute atomic E-state index is 12.9. The molecule has 0 saturated carbocycles. The lowest BCUT2D eigenvalue weighted by molar-refractivity contribution is 0.268. The van der Waals surface area contributed by atoms with Gasteiger partial charge in [-0.2, -0.15) is 0 Å². The number of nitrogens with two attached hydrogens (primary N) is 1. The molecule has 1 rings (SSSR count). The summed E-state index contributed by atoms with van der Waals surface area (Å²) < 4.78 is 18.5. The maximum atomic E-state index is 12.9. The van der Waals surface area contributed by atoms with Gasteiger partial charge < -0.3 is 10.5 Å². The number of thiocarbonyl (C=S) groups is 1. The molecular formula is C13H18FNOS. The maximum Gasteiger partial charge on any atom is 0.123 e. The molecule has 0 aliphatic rings. The Morgan fingerprint density at radius 3 is 2.65 bits per heavy atom. The van der Waals surface area contributed by atoms with Crippen molar-refractivity contribution >= 4 is 17.2 Å². The lowest BCUT2D eigenvalue weighted by Crippen LogP contribution is -2.31. The molecule has 0 spiro atoms. The van der Waals surface area contributed by atoms with Gasteiger partial charge in [-0.25, -0.2) is 4.39 Å². The molecule has 0 bridgehead atoms. The summed E-state index contributed by atoms with van der Waals surface area (Å²) in [6.07, 6.45) is 0.735. The second-order valence-electron chi connectivity index (χ2n) is 4.76. The van der Waals surface area contributed by atoms with Crippen molar-refractivity contribution in [2.45, 2.75) is 27.2 Å². The Labute approximate surface area is 107 Å². The summed E-state index contributed by atoms with van der Waals surface area (Å²) in [5, 5.41) is 0. The number of halogens is 1. The second-order valence-corrected chi connectivity index (χ2v) is 5.20. The first-order chi connectivity index (χ1) is 7.83. The lowest BCUT2D eigenvalue weighted by Gasteiger charge is -2.23. The third-order valence-electron chi connectivity index (χ3n) is 2.79. The molecule has 0 unspecified atom stereocenters. The van der Waals surface area contributed by atoms with Crippen LogP contribution in [-0.4, -0.2) is 11.6 Å². The number of rotatable bonds is 5. The molecular weight excluding hydrogens is 237 g/mol. The third kappa shape index (κ3) is 3.97. The summed E-state index contributed by atoms with van der Waals surface area (Å²) >= 11 is 4.98. The van der Waals surface area contributed by atoms with E-state index in [0.717, 1.165) is 12.0 Å². The molecule has 17 heavy (non-hydrogen) atoms. The van der Waals surface area contributed by atoms with Crippen LogP contribution in [0.5, 0.6) is 5.75 Å². The average Bonchev–Trinajstić information content (AvgIpc) is 2.21. The number of benzene rings is 1. The van der Waals surface area contributed by atoms with E-state index in [4.69, 9.17) is 22.7 Å². The standard InChI is InChI=1S/C13H18FNOS/c1-9-8-10(14)4-5-11(9)16-7-6-13(2,3)12(15)17/h4-5,8H,6-7H2,1-3H3,(H2,15,17). The minimum Gasteiger partial charge on any atom is -0.493 e. The molecule has 0 radical (unpaired) electrons. The third-order valence-corrected chi connectivity index (χ3v) is 3.34. The Bertz CT molecular complexity index is 418. The number of hydrogen-bond acceptors (Lipinski definition) is 2. The first-order valence-corrected chi connectivity index (χ1v) is 5.92. The van der Waals surface area contributed by atoms with E-state index < -0.39 is 0 Å². The van der Waals surface area contributed by atoms with E-state index >= 15 is 0 Å². The topological polar surface area (TPSA) is 35.2 Å². The quantitative estimate of drug-likeness (QED) is 0.821. The zero-order valence-electron chi connectivity index (χ0n) is 10.4. The van der Waals surface area contributed by atoms with Gasteiger partial charge in [0.25, 0.3) is 0 Å². The molecule has 0 aliphatic heterocycles. The van der Waals surface area contributed by atoms with Gasteiger partial charge in [-0.1, -0.05) is 26.1 Å². The summed E-state index contributed by atoms with van der Waals surface area (Å²) in [6, 6.07) is 4.48. The Kier molecular flexibility index (Phi) is 4.46. The first-order valence-electron chi connectivity index (χ1n) is 5.52. The normalized spacial score (nSPS) is 11.3. The zero-order chi connectivity index (χ0) is 13.1. The van der Waals surface area contributed by atoms with Crippen LogP contribution < -0.4 is 10.5 Å². The molecule has 0 heterocycles. The van der Waals surface area contributed by atoms with Crippen LogP contribution in [0.1, 0.15) is 25.8 Å². The molecule has 0 amide bonds. The van der Waals surface area contributed by atoms with E-state index in [2.05, 4.69) is 0 Å². The molecule has 1 aromatic carbocycles. The zero-order valence-corrected chi connectivity index (χ0v) is 11.2. The van der Waals surface area contributed by atoms with Crippen molar-refractivity contribution in [2.75, 3.05) is 6.61 Å². The van der Waals surface area contributed by atoms with E-state index in [1.54, 1.807) is 6.07 Å². The number of hydrogen-bond donors (Lipinski definition) is 1. The van der Waals surface area contributed by atoms with E-state index in [0.29, 0.717) is 17.3 Å². The summed E-state index contributed by atoms with van der Waals surface area (Å²) in [6.45, 7) is 6.29. The highest BCUT2D eigenvalue weighted by Crippen LogP contribution is 2.23. The SMILES string of the molecule is Cc1cc(F)ccc1OCCC(C)(C)C(N)=S. The molecule has 0 saturated heterocycles. The molecule has 2 nitrogen and oxygen atoms in total. The van der Waals surface area contributed by atoms with Crippen LogP contribution in [0.15, 0.2) is 18.2 Å². The smallest absolute Gasteiger partial charge is 0.123 e. The van der Waals surface area contributed by atoms with E-state index in [9.17, 15) is 4.39 Å². The molecule has 4 heteroatoms. The van der Waals surface area contributed by atoms with Gasteiger partial charge in [0.1, 0.15) is 11.6 Å². The van der Waals surface area contributed by atoms with Crippen LogP contribution in [0, 0.1) is 18.2 Å². The molecule has 1 aromatic rings. The van der Waals surface area contributed by atoms with Gasteiger partial charge in [-0.05, 0) is 37.1 Å². The largest absolute Gasteiger partial charge is 0.493 e. The molecule has 2 N–H and O–H groups in total. The molecule has 0 aromatic heterocycles. The highest BCUT2D eigenvalue weighted by atomic mass is 32.1. The van der Waals surface area contributed by atoms with E-state index in [1.165, 1.54) is 12.1 Å². The predicted octanol–water partition coefficient (Wildman–Crippen LogP) is 3.22. The fraction of sp³-hybridized carbons (Fsp3) is 0.462. The van der Waals surface area contributed by atoms with Gasteiger partial charge in [-0.3, -0.25) is 0 Å². The van der Waals surface area contributed by atoms with Crippen molar-refractivity contribution in [3.05, 3.63) is 29.6 Å². The average molecular weight is 255 g/mol. The minimum atomic E-state index is -0.252. The second kappa shape index (κ2) is 5.45. The van der Waals surface area contributed by atoms with Crippen LogP contribution >= 0.6 is 12.2 Å². The van der Waals surface area contributed by atoms with Gasteiger partial charge in [0, 0.05) is 5.41 Å². The van der Waals surface area contributed by atoms with Crippen molar-refractivity contribution in [1.29, 1.82) is 0 Å². The highest BCUT2D eigenvalue weighted by molar-refractivity contribution is 7.80. The van der Waals surface area contributed by atoms with Crippen molar-refractivity contribution < 1.29 is 9.13 Å². The minimum absolute atomic E-state index is 0.219. The summed E-state index contributed by atoms with van der Waals surface area (Å²) in [7, 11) is 0. The highest BCUT2D eigenvalue weighted by Gasteiger charge is 2.21. The Balaban J connectivity index is 2.54. The van der Waals surface area contributed by atoms with Gasteiger partial charge >= 0.3 is 0 Å². The van der Waals surface area contributed by atoms with Crippen LogP contribution in [0.3, 0.4) is 0 Å². The Morgan fingerprint density at radius 2 is 2.12 bits per heavy atom. The van der Waals surface area contributed by atoms with Crippen molar-refractivity contribution in [2.24, 2.45) is 11.1 Å². The molecule has 94 valence electrons. The number of ether oxygens (including phenoxy) is 1. The lowest BCUT2D eigenvalue weighted by atomic mass is 9.90. The number of aryl methyl sites for hydroxylation is 1. The van der Waals surface area contributed by atoms with E-state index in [1.807, 2.05) is 20.8 Å². The molecule has 0 fully saturated rings. The van der Waals surface area contributed by atoms with Crippen molar-refractivity contribution in [1.82, 2.24) is 0 Å². The summed E-state index contributed by atoms with van der Waals surface area (Å²) in [5.74, 6) is 0.448. The summed E-state index contributed by atoms with van der Waals surface area (Å²) in [5.41, 5.74) is 6.20. The fourth-order valence-corrected chi connectivity index (χ4v) is 1.42. The monoisotopic (exact) mass is 255 g/mol. The Hall–Kier alpha value is -1.16. The van der Waals surface area contributed by atoms with Crippen molar-refractivity contribution in [3.63, 3.8) is 0 Å². The molecule has 0 aliphatic carbocycles. The molecule has 0 atom stereocenters. The van der Waals surface area contributed by atoms with Gasteiger partial charge in [0.15, 0.2) is 0 Å². The fourth-order valence-electron chi connectivity index (χ4n) is 1.31. The van der Waals surface area contributed by atoms with Crippen LogP contribution in [-0.2, 0) is 0 Å². The first kappa shape index (κ1) is 13.9. The van der Waals surface area contributed by atoms with Gasteiger partial charge in [0.2, 0.25) is 0 Å². The van der Waals surface area contributed by atoms with E-state index in [-0.39, 0.29) is 11.2 Å². The van der Waals surface area contributed by atoms with Gasteiger partial charge in [-0.15, -0.1) is 0 Å². The summed E-state index contributed by atoms with van der Waals surface area (Å²) in [4.78, 5) is 0.483. The van der Waals surface area contributed by atoms with Crippen LogP contribution in [0.2, 0.25) is 0 Å². The predicted molar refractivity (Wildman–Crippen MR) is 71.8 cm³/mol. The van der Waals surface area contributed by atoms with Crippen molar-refractivity contribution in [3.8, 4) is 5.75 Å². The van der Waals surface area contributed by atoms with Gasteiger partial charge in [0.05, 0.1) is 11.6 Å². The van der Waals surface area contributed by atoms with Crippen LogP contribution in [0.4, 0.5) is 4.39 Å².